The number of carbonyl (C=O) groups excluding carboxylic acids is 1. The summed E-state index contributed by atoms with van der Waals surface area (Å²) >= 11 is 0. The Labute approximate surface area is 83.9 Å². The van der Waals surface area contributed by atoms with E-state index in [4.69, 9.17) is 5.11 Å². The van der Waals surface area contributed by atoms with Crippen molar-refractivity contribution in [1.82, 2.24) is 0 Å². The predicted molar refractivity (Wildman–Crippen MR) is 56.7 cm³/mol. The minimum absolute atomic E-state index is 0.0312. The lowest BCUT2D eigenvalue weighted by Crippen LogP contribution is -1.87. The summed E-state index contributed by atoms with van der Waals surface area (Å²) in [6.07, 6.45) is 3.86. The van der Waals surface area contributed by atoms with Crippen molar-refractivity contribution in [3.8, 4) is 0 Å². The maximum Gasteiger partial charge on any atom is 0.155 e. The SMILES string of the molecule is CCC(=O)/C=C/c1cccc(CO)c1. The van der Waals surface area contributed by atoms with E-state index >= 15 is 0 Å². The van der Waals surface area contributed by atoms with Gasteiger partial charge in [0.2, 0.25) is 0 Å². The second-order valence-corrected chi connectivity index (χ2v) is 3.06. The lowest BCUT2D eigenvalue weighted by molar-refractivity contribution is -0.114. The van der Waals surface area contributed by atoms with Crippen LogP contribution < -0.4 is 0 Å². The van der Waals surface area contributed by atoms with Gasteiger partial charge in [-0.05, 0) is 23.3 Å². The van der Waals surface area contributed by atoms with Crippen LogP contribution in [-0.2, 0) is 11.4 Å². The van der Waals surface area contributed by atoms with Gasteiger partial charge in [-0.2, -0.15) is 0 Å². The third kappa shape index (κ3) is 3.15. The smallest absolute Gasteiger partial charge is 0.155 e. The highest BCUT2D eigenvalue weighted by atomic mass is 16.3. The lowest BCUT2D eigenvalue weighted by Gasteiger charge is -1.97. The lowest BCUT2D eigenvalue weighted by atomic mass is 10.1. The molecule has 2 heteroatoms. The van der Waals surface area contributed by atoms with Gasteiger partial charge in [0.1, 0.15) is 0 Å². The maximum absolute atomic E-state index is 11.0. The van der Waals surface area contributed by atoms with Crippen molar-refractivity contribution >= 4 is 11.9 Å². The number of aliphatic hydroxyl groups excluding tert-OH is 1. The summed E-state index contributed by atoms with van der Waals surface area (Å²) in [4.78, 5) is 11.0. The van der Waals surface area contributed by atoms with Gasteiger partial charge < -0.3 is 5.11 Å². The van der Waals surface area contributed by atoms with Gasteiger partial charge in [-0.25, -0.2) is 0 Å². The summed E-state index contributed by atoms with van der Waals surface area (Å²) in [6.45, 7) is 1.86. The molecule has 1 rings (SSSR count). The fourth-order valence-electron chi connectivity index (χ4n) is 1.10. The first-order valence-corrected chi connectivity index (χ1v) is 4.67. The molecule has 0 saturated carbocycles. The first-order valence-electron chi connectivity index (χ1n) is 4.67. The molecule has 0 spiro atoms. The Morgan fingerprint density at radius 1 is 1.50 bits per heavy atom. The molecule has 0 heterocycles. The maximum atomic E-state index is 11.0. The monoisotopic (exact) mass is 190 g/mol. The summed E-state index contributed by atoms with van der Waals surface area (Å²) in [5, 5.41) is 8.89. The molecule has 0 aliphatic rings. The van der Waals surface area contributed by atoms with Gasteiger partial charge in [0, 0.05) is 6.42 Å². The summed E-state index contributed by atoms with van der Waals surface area (Å²) in [5.74, 6) is 0.111. The average Bonchev–Trinajstić information content (AvgIpc) is 2.26. The molecule has 0 unspecified atom stereocenters. The van der Waals surface area contributed by atoms with E-state index in [9.17, 15) is 4.79 Å². The minimum atomic E-state index is 0.0312. The number of carbonyl (C=O) groups is 1. The van der Waals surface area contributed by atoms with Crippen molar-refractivity contribution in [2.75, 3.05) is 0 Å². The van der Waals surface area contributed by atoms with E-state index in [2.05, 4.69) is 0 Å². The van der Waals surface area contributed by atoms with Crippen LogP contribution in [0.5, 0.6) is 0 Å². The van der Waals surface area contributed by atoms with Crippen LogP contribution in [-0.4, -0.2) is 10.9 Å². The Kier molecular flexibility index (Phi) is 4.08. The fraction of sp³-hybridized carbons (Fsp3) is 0.250. The van der Waals surface area contributed by atoms with Crippen molar-refractivity contribution in [3.05, 3.63) is 41.5 Å². The molecule has 0 atom stereocenters. The number of aliphatic hydroxyl groups is 1. The molecule has 0 aliphatic carbocycles. The number of hydrogen-bond donors (Lipinski definition) is 1. The van der Waals surface area contributed by atoms with Crippen LogP contribution in [0.3, 0.4) is 0 Å². The number of rotatable bonds is 4. The first-order chi connectivity index (χ1) is 6.76. The molecule has 1 aromatic carbocycles. The summed E-state index contributed by atoms with van der Waals surface area (Å²) < 4.78 is 0. The van der Waals surface area contributed by atoms with E-state index in [1.807, 2.05) is 31.2 Å². The minimum Gasteiger partial charge on any atom is -0.392 e. The van der Waals surface area contributed by atoms with E-state index in [1.165, 1.54) is 0 Å². The number of hydrogen-bond acceptors (Lipinski definition) is 2. The van der Waals surface area contributed by atoms with Crippen molar-refractivity contribution in [2.45, 2.75) is 20.0 Å². The topological polar surface area (TPSA) is 37.3 Å². The molecule has 0 saturated heterocycles. The highest BCUT2D eigenvalue weighted by Gasteiger charge is 1.93. The highest BCUT2D eigenvalue weighted by Crippen LogP contribution is 2.07. The van der Waals surface area contributed by atoms with Gasteiger partial charge in [-0.15, -0.1) is 0 Å². The second kappa shape index (κ2) is 5.35. The molecule has 14 heavy (non-hydrogen) atoms. The molecule has 0 aromatic heterocycles. The predicted octanol–water partition coefficient (Wildman–Crippen LogP) is 2.17. The van der Waals surface area contributed by atoms with E-state index in [1.54, 1.807) is 12.2 Å². The molecular weight excluding hydrogens is 176 g/mol. The Morgan fingerprint density at radius 3 is 2.93 bits per heavy atom. The Bertz CT molecular complexity index is 340. The van der Waals surface area contributed by atoms with Crippen molar-refractivity contribution in [2.24, 2.45) is 0 Å². The van der Waals surface area contributed by atoms with Gasteiger partial charge in [-0.1, -0.05) is 31.2 Å². The third-order valence-corrected chi connectivity index (χ3v) is 1.94. The Morgan fingerprint density at radius 2 is 2.29 bits per heavy atom. The van der Waals surface area contributed by atoms with Crippen LogP contribution >= 0.6 is 0 Å². The van der Waals surface area contributed by atoms with E-state index in [-0.39, 0.29) is 12.4 Å². The molecule has 74 valence electrons. The van der Waals surface area contributed by atoms with Gasteiger partial charge in [0.15, 0.2) is 5.78 Å². The number of allylic oxidation sites excluding steroid dienone is 1. The summed E-state index contributed by atoms with van der Waals surface area (Å²) in [6, 6.07) is 7.47. The molecule has 0 bridgehead atoms. The Hall–Kier alpha value is -1.41. The molecule has 0 amide bonds. The standard InChI is InChI=1S/C12H14O2/c1-2-12(14)7-6-10-4-3-5-11(8-10)9-13/h3-8,13H,2,9H2,1H3/b7-6+. The molecule has 0 fully saturated rings. The van der Waals surface area contributed by atoms with Gasteiger partial charge in [-0.3, -0.25) is 4.79 Å². The number of ketones is 1. The first kappa shape index (κ1) is 10.7. The van der Waals surface area contributed by atoms with Crippen LogP contribution in [0.15, 0.2) is 30.3 Å². The zero-order valence-corrected chi connectivity index (χ0v) is 8.23. The average molecular weight is 190 g/mol. The third-order valence-electron chi connectivity index (χ3n) is 1.94. The van der Waals surface area contributed by atoms with E-state index in [0.717, 1.165) is 11.1 Å². The van der Waals surface area contributed by atoms with Gasteiger partial charge in [0.05, 0.1) is 6.61 Å². The van der Waals surface area contributed by atoms with Gasteiger partial charge in [0.25, 0.3) is 0 Å². The molecule has 0 aliphatic heterocycles. The van der Waals surface area contributed by atoms with Crippen molar-refractivity contribution in [3.63, 3.8) is 0 Å². The number of benzene rings is 1. The van der Waals surface area contributed by atoms with Crippen molar-refractivity contribution in [1.29, 1.82) is 0 Å². The molecule has 0 radical (unpaired) electrons. The zero-order valence-electron chi connectivity index (χ0n) is 8.23. The molecule has 2 nitrogen and oxygen atoms in total. The van der Waals surface area contributed by atoms with Crippen LogP contribution in [0.2, 0.25) is 0 Å². The van der Waals surface area contributed by atoms with E-state index < -0.39 is 0 Å². The summed E-state index contributed by atoms with van der Waals surface area (Å²) in [7, 11) is 0. The second-order valence-electron chi connectivity index (χ2n) is 3.06. The van der Waals surface area contributed by atoms with Crippen LogP contribution in [0.25, 0.3) is 6.08 Å². The van der Waals surface area contributed by atoms with E-state index in [0.29, 0.717) is 6.42 Å². The Balaban J connectivity index is 2.76. The quantitative estimate of drug-likeness (QED) is 0.739. The molecule has 1 aromatic rings. The summed E-state index contributed by atoms with van der Waals surface area (Å²) in [5.41, 5.74) is 1.80. The van der Waals surface area contributed by atoms with Crippen LogP contribution in [0, 0.1) is 0 Å². The van der Waals surface area contributed by atoms with Gasteiger partial charge >= 0.3 is 0 Å². The largest absolute Gasteiger partial charge is 0.392 e. The highest BCUT2D eigenvalue weighted by molar-refractivity contribution is 5.93. The van der Waals surface area contributed by atoms with Crippen LogP contribution in [0.1, 0.15) is 24.5 Å². The van der Waals surface area contributed by atoms with Crippen LogP contribution in [0.4, 0.5) is 0 Å². The molecular formula is C12H14O2. The molecule has 1 N–H and O–H groups in total. The van der Waals surface area contributed by atoms with Crippen molar-refractivity contribution < 1.29 is 9.90 Å². The normalized spacial score (nSPS) is 10.7. The fourth-order valence-corrected chi connectivity index (χ4v) is 1.10. The zero-order chi connectivity index (χ0) is 10.4.